The van der Waals surface area contributed by atoms with E-state index in [9.17, 15) is 0 Å². The molecule has 0 heterocycles. The van der Waals surface area contributed by atoms with Gasteiger partial charge in [-0.25, -0.2) is 0 Å². The van der Waals surface area contributed by atoms with Crippen molar-refractivity contribution < 1.29 is 0 Å². The molecule has 0 aromatic heterocycles. The molecular weight excluding hydrogens is 210 g/mol. The lowest BCUT2D eigenvalue weighted by Gasteiger charge is -2.09. The highest BCUT2D eigenvalue weighted by Gasteiger charge is 2.09. The van der Waals surface area contributed by atoms with Gasteiger partial charge in [0.25, 0.3) is 0 Å². The smallest absolute Gasteiger partial charge is 0.172 e. The van der Waals surface area contributed by atoms with E-state index in [2.05, 4.69) is 55.1 Å². The Balaban J connectivity index is 2.86. The van der Waals surface area contributed by atoms with Crippen LogP contribution in [0.1, 0.15) is 17.5 Å². The minimum Gasteiger partial charge on any atom is -0.329 e. The van der Waals surface area contributed by atoms with Crippen LogP contribution < -0.4 is 0 Å². The Hall–Kier alpha value is -1.15. The van der Waals surface area contributed by atoms with E-state index in [1.54, 1.807) is 0 Å². The first-order valence-electron chi connectivity index (χ1n) is 5.77. The lowest BCUT2D eigenvalue weighted by atomic mass is 10.0. The van der Waals surface area contributed by atoms with Gasteiger partial charge in [-0.2, -0.15) is 0 Å². The fourth-order valence-corrected chi connectivity index (χ4v) is 1.93. The van der Waals surface area contributed by atoms with E-state index < -0.39 is 8.24 Å². The van der Waals surface area contributed by atoms with E-state index in [-0.39, 0.29) is 0 Å². The van der Waals surface area contributed by atoms with Crippen molar-refractivity contribution in [2.45, 2.75) is 32.5 Å². The highest BCUT2D eigenvalue weighted by molar-refractivity contribution is 6.75. The summed E-state index contributed by atoms with van der Waals surface area (Å²) in [4.78, 5) is 0. The zero-order valence-corrected chi connectivity index (χ0v) is 11.5. The number of rotatable bonds is 5. The molecule has 0 aliphatic rings. The number of allylic oxidation sites excluding steroid dienone is 1. The number of nitrogens with zero attached hydrogens (tertiary/aromatic N) is 1. The van der Waals surface area contributed by atoms with Crippen LogP contribution in [0.3, 0.4) is 0 Å². The minimum absolute atomic E-state index is 1.03. The van der Waals surface area contributed by atoms with Gasteiger partial charge in [-0.3, -0.25) is 0 Å². The predicted molar refractivity (Wildman–Crippen MR) is 75.9 cm³/mol. The Labute approximate surface area is 100 Å². The molecule has 0 amide bonds. The molecule has 0 saturated carbocycles. The second-order valence-electron chi connectivity index (χ2n) is 4.96. The number of benzene rings is 1. The topological polar surface area (TPSA) is 12.4 Å². The predicted octanol–water partition coefficient (Wildman–Crippen LogP) is 4.06. The van der Waals surface area contributed by atoms with E-state index in [4.69, 9.17) is 0 Å². The molecule has 0 fully saturated rings. The van der Waals surface area contributed by atoms with Crippen LogP contribution in [0, 0.1) is 0 Å². The fourth-order valence-electron chi connectivity index (χ4n) is 1.41. The number of hydrogen-bond acceptors (Lipinski definition) is 1. The van der Waals surface area contributed by atoms with Crippen LogP contribution in [0.2, 0.25) is 19.6 Å². The van der Waals surface area contributed by atoms with Gasteiger partial charge in [-0.05, 0) is 43.6 Å². The third kappa shape index (κ3) is 4.58. The summed E-state index contributed by atoms with van der Waals surface area (Å²) >= 11 is 0. The number of aryl methyl sites for hydroxylation is 1. The van der Waals surface area contributed by atoms with Crippen LogP contribution in [0.5, 0.6) is 0 Å². The summed E-state index contributed by atoms with van der Waals surface area (Å²) in [5, 5.41) is 0. The van der Waals surface area contributed by atoms with Crippen molar-refractivity contribution in [2.24, 2.45) is 4.66 Å². The number of hydrogen-bond donors (Lipinski definition) is 0. The Morgan fingerprint density at radius 1 is 1.25 bits per heavy atom. The monoisotopic (exact) mass is 231 g/mol. The highest BCUT2D eigenvalue weighted by Crippen LogP contribution is 2.11. The molecule has 0 aliphatic carbocycles. The largest absolute Gasteiger partial charge is 0.329 e. The molecule has 0 saturated heterocycles. The Morgan fingerprint density at radius 2 is 1.94 bits per heavy atom. The minimum atomic E-state index is -1.34. The summed E-state index contributed by atoms with van der Waals surface area (Å²) in [6.45, 7) is 10.5. The van der Waals surface area contributed by atoms with Crippen molar-refractivity contribution in [2.75, 3.05) is 0 Å². The fraction of sp³-hybridized carbons (Fsp3) is 0.357. The first kappa shape index (κ1) is 12.9. The van der Waals surface area contributed by atoms with Crippen molar-refractivity contribution in [1.29, 1.82) is 0 Å². The second-order valence-corrected chi connectivity index (χ2v) is 9.56. The summed E-state index contributed by atoms with van der Waals surface area (Å²) in [7, 11) is -1.34. The molecule has 1 aromatic rings. The van der Waals surface area contributed by atoms with Crippen molar-refractivity contribution in [1.82, 2.24) is 0 Å². The molecule has 0 atom stereocenters. The second kappa shape index (κ2) is 5.80. The van der Waals surface area contributed by atoms with E-state index in [0.29, 0.717) is 0 Å². The van der Waals surface area contributed by atoms with Gasteiger partial charge in [0.2, 0.25) is 0 Å². The van der Waals surface area contributed by atoms with Crippen molar-refractivity contribution in [3.8, 4) is 0 Å². The first-order valence-corrected chi connectivity index (χ1v) is 9.22. The van der Waals surface area contributed by atoms with Gasteiger partial charge in [0.15, 0.2) is 8.24 Å². The van der Waals surface area contributed by atoms with Gasteiger partial charge in [0.05, 0.1) is 0 Å². The molecule has 0 radical (unpaired) electrons. The molecule has 86 valence electrons. The molecule has 0 aliphatic heterocycles. The van der Waals surface area contributed by atoms with Crippen LogP contribution in [0.15, 0.2) is 41.6 Å². The zero-order valence-electron chi connectivity index (χ0n) is 10.5. The molecular formula is C14H21NSi. The lowest BCUT2D eigenvalue weighted by molar-refractivity contribution is 1.00. The van der Waals surface area contributed by atoms with E-state index in [1.165, 1.54) is 11.1 Å². The van der Waals surface area contributed by atoms with Gasteiger partial charge >= 0.3 is 0 Å². The third-order valence-electron chi connectivity index (χ3n) is 2.26. The maximum absolute atomic E-state index is 4.68. The van der Waals surface area contributed by atoms with Crippen molar-refractivity contribution >= 4 is 14.5 Å². The van der Waals surface area contributed by atoms with Crippen LogP contribution in [-0.4, -0.2) is 14.5 Å². The van der Waals surface area contributed by atoms with Gasteiger partial charge in [-0.1, -0.05) is 30.3 Å². The standard InChI is InChI=1S/C14H21NSi/c1-5-6-9-13-10-7-8-11-14(13)12-15-16(2,3)4/h5,7-8,10-12H,1,6,9H2,2-4H3/b15-12+. The summed E-state index contributed by atoms with van der Waals surface area (Å²) in [5.41, 5.74) is 2.62. The van der Waals surface area contributed by atoms with Crippen molar-refractivity contribution in [3.63, 3.8) is 0 Å². The van der Waals surface area contributed by atoms with E-state index in [0.717, 1.165) is 12.8 Å². The van der Waals surface area contributed by atoms with Crippen LogP contribution in [0.25, 0.3) is 0 Å². The first-order chi connectivity index (χ1) is 7.53. The van der Waals surface area contributed by atoms with Gasteiger partial charge < -0.3 is 4.66 Å². The molecule has 1 nitrogen and oxygen atoms in total. The molecule has 1 rings (SSSR count). The summed E-state index contributed by atoms with van der Waals surface area (Å²) in [6.07, 6.45) is 6.09. The molecule has 16 heavy (non-hydrogen) atoms. The van der Waals surface area contributed by atoms with Gasteiger partial charge in [-0.15, -0.1) is 6.58 Å². The van der Waals surface area contributed by atoms with Crippen LogP contribution in [-0.2, 0) is 6.42 Å². The summed E-state index contributed by atoms with van der Waals surface area (Å²) in [5.74, 6) is 0. The van der Waals surface area contributed by atoms with Crippen LogP contribution >= 0.6 is 0 Å². The normalized spacial score (nSPS) is 11.9. The SMILES string of the molecule is C=CCCc1ccccc1/C=N/[Si](C)(C)C. The van der Waals surface area contributed by atoms with Crippen molar-refractivity contribution in [3.05, 3.63) is 48.0 Å². The Morgan fingerprint density at radius 3 is 2.56 bits per heavy atom. The molecule has 0 N–H and O–H groups in total. The molecule has 0 bridgehead atoms. The Bertz CT molecular complexity index is 375. The highest BCUT2D eigenvalue weighted by atomic mass is 28.3. The van der Waals surface area contributed by atoms with Gasteiger partial charge in [0, 0.05) is 6.21 Å². The summed E-state index contributed by atoms with van der Waals surface area (Å²) < 4.78 is 4.68. The molecule has 1 aromatic carbocycles. The maximum Gasteiger partial charge on any atom is 0.172 e. The third-order valence-corrected chi connectivity index (χ3v) is 3.17. The molecule has 2 heteroatoms. The average Bonchev–Trinajstić information content (AvgIpc) is 2.23. The molecule has 0 spiro atoms. The van der Waals surface area contributed by atoms with Gasteiger partial charge in [0.1, 0.15) is 0 Å². The average molecular weight is 231 g/mol. The van der Waals surface area contributed by atoms with Crippen LogP contribution in [0.4, 0.5) is 0 Å². The quantitative estimate of drug-likeness (QED) is 0.412. The van der Waals surface area contributed by atoms with E-state index in [1.807, 2.05) is 12.3 Å². The zero-order chi connectivity index (χ0) is 12.0. The molecule has 0 unspecified atom stereocenters. The summed E-state index contributed by atoms with van der Waals surface area (Å²) in [6, 6.07) is 8.48. The maximum atomic E-state index is 4.68. The van der Waals surface area contributed by atoms with E-state index >= 15 is 0 Å². The lowest BCUT2D eigenvalue weighted by Crippen LogP contribution is -2.16. The Kier molecular flexibility index (Phi) is 4.68.